The van der Waals surface area contributed by atoms with Crippen LogP contribution in [-0.4, -0.2) is 36.1 Å². The van der Waals surface area contributed by atoms with Gasteiger partial charge in [0.1, 0.15) is 0 Å². The van der Waals surface area contributed by atoms with Crippen molar-refractivity contribution in [1.82, 2.24) is 15.2 Å². The van der Waals surface area contributed by atoms with Gasteiger partial charge in [0.25, 0.3) is 0 Å². The predicted octanol–water partition coefficient (Wildman–Crippen LogP) is 2.81. The Morgan fingerprint density at radius 2 is 2.10 bits per heavy atom. The van der Waals surface area contributed by atoms with Crippen molar-refractivity contribution in [3.8, 4) is 0 Å². The number of likely N-dealkylation sites (N-methyl/N-ethyl adjacent to an activating group) is 1. The van der Waals surface area contributed by atoms with Gasteiger partial charge in [0.2, 0.25) is 0 Å². The number of pyridine rings is 1. The lowest BCUT2D eigenvalue weighted by molar-refractivity contribution is 0.0598. The minimum absolute atomic E-state index is 0.381. The summed E-state index contributed by atoms with van der Waals surface area (Å²) in [6.45, 7) is 2.00. The highest BCUT2D eigenvalue weighted by molar-refractivity contribution is 5.84. The van der Waals surface area contributed by atoms with E-state index in [0.717, 1.165) is 13.1 Å². The molecule has 1 heterocycles. The van der Waals surface area contributed by atoms with E-state index in [1.807, 2.05) is 12.4 Å². The third kappa shape index (κ3) is 2.43. The van der Waals surface area contributed by atoms with Gasteiger partial charge in [-0.1, -0.05) is 18.2 Å². The van der Waals surface area contributed by atoms with Gasteiger partial charge in [-0.15, -0.1) is 0 Å². The zero-order valence-electron chi connectivity index (χ0n) is 12.4. The van der Waals surface area contributed by atoms with Crippen LogP contribution in [0.3, 0.4) is 0 Å². The summed E-state index contributed by atoms with van der Waals surface area (Å²) in [5, 5.41) is 6.18. The number of nitrogens with one attached hydrogen (secondary N) is 1. The summed E-state index contributed by atoms with van der Waals surface area (Å²) in [7, 11) is 4.40. The molecule has 0 spiro atoms. The van der Waals surface area contributed by atoms with Crippen LogP contribution in [0, 0.1) is 0 Å². The molecule has 1 fully saturated rings. The zero-order chi connectivity index (χ0) is 14.0. The molecule has 106 valence electrons. The van der Waals surface area contributed by atoms with E-state index in [1.54, 1.807) is 0 Å². The quantitative estimate of drug-likeness (QED) is 0.904. The fourth-order valence-corrected chi connectivity index (χ4v) is 3.14. The highest BCUT2D eigenvalue weighted by atomic mass is 15.2. The number of fused-ring (bicyclic) bond motifs is 1. The lowest BCUT2D eigenvalue weighted by Gasteiger charge is -2.47. The van der Waals surface area contributed by atoms with Gasteiger partial charge in [0, 0.05) is 36.4 Å². The first-order valence-corrected chi connectivity index (χ1v) is 7.41. The second kappa shape index (κ2) is 5.51. The van der Waals surface area contributed by atoms with Crippen molar-refractivity contribution in [2.45, 2.75) is 31.3 Å². The Labute approximate surface area is 121 Å². The first-order valence-electron chi connectivity index (χ1n) is 7.41. The first kappa shape index (κ1) is 13.5. The molecule has 2 aromatic rings. The third-order valence-electron chi connectivity index (χ3n) is 4.77. The molecule has 1 N–H and O–H groups in total. The summed E-state index contributed by atoms with van der Waals surface area (Å²) in [6, 6.07) is 8.56. The second-order valence-corrected chi connectivity index (χ2v) is 6.09. The molecule has 1 aromatic carbocycles. The standard InChI is InChI=1S/C17H23N3/c1-20(2)17(8-4-9-17)13-19-12-15-6-3-5-14-11-18-10-7-16(14)15/h3,5-7,10-11,19H,4,8-9,12-13H2,1-2H3. The van der Waals surface area contributed by atoms with Gasteiger partial charge in [0.05, 0.1) is 0 Å². The van der Waals surface area contributed by atoms with E-state index < -0.39 is 0 Å². The Hall–Kier alpha value is -1.45. The third-order valence-corrected chi connectivity index (χ3v) is 4.77. The topological polar surface area (TPSA) is 28.2 Å². The highest BCUT2D eigenvalue weighted by Crippen LogP contribution is 2.35. The summed E-state index contributed by atoms with van der Waals surface area (Å²) in [5.74, 6) is 0. The largest absolute Gasteiger partial charge is 0.311 e. The monoisotopic (exact) mass is 269 g/mol. The van der Waals surface area contributed by atoms with Crippen LogP contribution >= 0.6 is 0 Å². The van der Waals surface area contributed by atoms with Crippen LogP contribution in [0.1, 0.15) is 24.8 Å². The van der Waals surface area contributed by atoms with Crippen LogP contribution in [0.2, 0.25) is 0 Å². The van der Waals surface area contributed by atoms with Gasteiger partial charge in [-0.05, 0) is 50.4 Å². The van der Waals surface area contributed by atoms with Gasteiger partial charge in [-0.3, -0.25) is 4.98 Å². The number of nitrogens with zero attached hydrogens (tertiary/aromatic N) is 2. The summed E-state index contributed by atoms with van der Waals surface area (Å²) < 4.78 is 0. The molecule has 3 rings (SSSR count). The zero-order valence-corrected chi connectivity index (χ0v) is 12.4. The molecule has 3 nitrogen and oxygen atoms in total. The van der Waals surface area contributed by atoms with Crippen LogP contribution in [0.5, 0.6) is 0 Å². The molecule has 1 aliphatic carbocycles. The Kier molecular flexibility index (Phi) is 3.72. The van der Waals surface area contributed by atoms with Crippen LogP contribution in [0.15, 0.2) is 36.7 Å². The Balaban J connectivity index is 1.68. The molecular weight excluding hydrogens is 246 g/mol. The first-order chi connectivity index (χ1) is 9.71. The fraction of sp³-hybridized carbons (Fsp3) is 0.471. The average molecular weight is 269 g/mol. The molecule has 3 heteroatoms. The molecule has 0 bridgehead atoms. The van der Waals surface area contributed by atoms with Gasteiger partial charge < -0.3 is 10.2 Å². The minimum Gasteiger partial charge on any atom is -0.311 e. The molecule has 0 amide bonds. The normalized spacial score (nSPS) is 17.4. The van der Waals surface area contributed by atoms with E-state index in [-0.39, 0.29) is 0 Å². The van der Waals surface area contributed by atoms with Gasteiger partial charge >= 0.3 is 0 Å². The highest BCUT2D eigenvalue weighted by Gasteiger charge is 2.38. The van der Waals surface area contributed by atoms with Crippen molar-refractivity contribution >= 4 is 10.8 Å². The summed E-state index contributed by atoms with van der Waals surface area (Å²) in [5.41, 5.74) is 1.74. The molecule has 1 aromatic heterocycles. The van der Waals surface area contributed by atoms with E-state index in [4.69, 9.17) is 0 Å². The molecule has 0 aliphatic heterocycles. The Morgan fingerprint density at radius 3 is 2.80 bits per heavy atom. The summed E-state index contributed by atoms with van der Waals surface area (Å²) in [6.07, 6.45) is 7.80. The van der Waals surface area contributed by atoms with Crippen LogP contribution in [0.25, 0.3) is 10.8 Å². The molecule has 0 radical (unpaired) electrons. The number of aromatic nitrogens is 1. The van der Waals surface area contributed by atoms with Gasteiger partial charge in [-0.2, -0.15) is 0 Å². The number of rotatable bonds is 5. The number of benzene rings is 1. The van der Waals surface area contributed by atoms with Gasteiger partial charge in [-0.25, -0.2) is 0 Å². The van der Waals surface area contributed by atoms with E-state index in [0.29, 0.717) is 5.54 Å². The predicted molar refractivity (Wildman–Crippen MR) is 83.7 cm³/mol. The van der Waals surface area contributed by atoms with Crippen LogP contribution in [0.4, 0.5) is 0 Å². The molecule has 0 unspecified atom stereocenters. The lowest BCUT2D eigenvalue weighted by Crippen LogP contribution is -2.56. The van der Waals surface area contributed by atoms with Crippen molar-refractivity contribution < 1.29 is 0 Å². The van der Waals surface area contributed by atoms with E-state index in [9.17, 15) is 0 Å². The maximum absolute atomic E-state index is 4.19. The average Bonchev–Trinajstić information content (AvgIpc) is 2.41. The molecule has 1 aliphatic rings. The fourth-order valence-electron chi connectivity index (χ4n) is 3.14. The summed E-state index contributed by atoms with van der Waals surface area (Å²) in [4.78, 5) is 6.58. The molecule has 1 saturated carbocycles. The molecule has 20 heavy (non-hydrogen) atoms. The van der Waals surface area contributed by atoms with Crippen molar-refractivity contribution in [3.63, 3.8) is 0 Å². The molecule has 0 atom stereocenters. The maximum Gasteiger partial charge on any atom is 0.0346 e. The molecule has 0 saturated heterocycles. The van der Waals surface area contributed by atoms with Crippen molar-refractivity contribution in [2.75, 3.05) is 20.6 Å². The summed E-state index contributed by atoms with van der Waals surface area (Å²) >= 11 is 0. The van der Waals surface area contributed by atoms with Crippen LogP contribution < -0.4 is 5.32 Å². The maximum atomic E-state index is 4.19. The number of hydrogen-bond donors (Lipinski definition) is 1. The van der Waals surface area contributed by atoms with Crippen molar-refractivity contribution in [2.24, 2.45) is 0 Å². The van der Waals surface area contributed by atoms with E-state index >= 15 is 0 Å². The van der Waals surface area contributed by atoms with E-state index in [1.165, 1.54) is 35.6 Å². The van der Waals surface area contributed by atoms with Crippen LogP contribution in [-0.2, 0) is 6.54 Å². The smallest absolute Gasteiger partial charge is 0.0346 e. The second-order valence-electron chi connectivity index (χ2n) is 6.09. The Morgan fingerprint density at radius 1 is 1.25 bits per heavy atom. The van der Waals surface area contributed by atoms with Gasteiger partial charge in [0.15, 0.2) is 0 Å². The van der Waals surface area contributed by atoms with Crippen molar-refractivity contribution in [3.05, 3.63) is 42.2 Å². The van der Waals surface area contributed by atoms with Crippen molar-refractivity contribution in [1.29, 1.82) is 0 Å². The Bertz CT molecular complexity index is 582. The minimum atomic E-state index is 0.381. The van der Waals surface area contributed by atoms with E-state index in [2.05, 4.69) is 53.6 Å². The molecular formula is C17H23N3. The number of hydrogen-bond acceptors (Lipinski definition) is 3. The lowest BCUT2D eigenvalue weighted by atomic mass is 9.75. The SMILES string of the molecule is CN(C)C1(CNCc2cccc3cnccc23)CCC1.